The molecule has 0 bridgehead atoms. The van der Waals surface area contributed by atoms with Crippen LogP contribution in [0.5, 0.6) is 0 Å². The molecule has 4 rings (SSSR count). The van der Waals surface area contributed by atoms with Crippen LogP contribution in [0.4, 0.5) is 0 Å². The first-order valence-electron chi connectivity index (χ1n) is 11.3. The van der Waals surface area contributed by atoms with Crippen LogP contribution in [0.3, 0.4) is 0 Å². The van der Waals surface area contributed by atoms with Gasteiger partial charge in [0.1, 0.15) is 0 Å². The van der Waals surface area contributed by atoms with Gasteiger partial charge < -0.3 is 9.84 Å². The van der Waals surface area contributed by atoms with Gasteiger partial charge in [0.25, 0.3) is 0 Å². The van der Waals surface area contributed by atoms with Gasteiger partial charge in [-0.1, -0.05) is 65.1 Å². The fraction of sp³-hybridized carbons (Fsp3) is 0.400. The number of carbonyl (C=O) groups excluding carboxylic acids is 1. The zero-order valence-electron chi connectivity index (χ0n) is 18.9. The first-order chi connectivity index (χ1) is 15.9. The van der Waals surface area contributed by atoms with Crippen LogP contribution in [0.1, 0.15) is 49.2 Å². The zero-order chi connectivity index (χ0) is 23.4. The summed E-state index contributed by atoms with van der Waals surface area (Å²) in [5.74, 6) is 0.975. The Morgan fingerprint density at radius 1 is 1.24 bits per heavy atom. The van der Waals surface area contributed by atoms with Crippen molar-refractivity contribution in [1.29, 1.82) is 0 Å². The number of piperidine rings is 1. The minimum atomic E-state index is -0.0636. The molecule has 1 saturated heterocycles. The highest BCUT2D eigenvalue weighted by Crippen LogP contribution is 2.29. The topological polar surface area (TPSA) is 71.3 Å². The van der Waals surface area contributed by atoms with Gasteiger partial charge in [0, 0.05) is 17.1 Å². The molecule has 1 N–H and O–H groups in total. The van der Waals surface area contributed by atoms with E-state index in [-0.39, 0.29) is 17.9 Å². The van der Waals surface area contributed by atoms with Gasteiger partial charge >= 0.3 is 0 Å². The molecule has 0 spiro atoms. The summed E-state index contributed by atoms with van der Waals surface area (Å²) in [5, 5.41) is 8.35. The molecule has 0 saturated carbocycles. The second kappa shape index (κ2) is 10.7. The summed E-state index contributed by atoms with van der Waals surface area (Å²) in [5.41, 5.74) is 3.03. The molecule has 1 aliphatic rings. The number of aryl methyl sites for hydroxylation is 1. The molecule has 3 aromatic rings. The molecule has 174 valence electrons. The van der Waals surface area contributed by atoms with E-state index < -0.39 is 0 Å². The third kappa shape index (κ3) is 5.94. The zero-order valence-corrected chi connectivity index (χ0v) is 20.4. The standard InChI is InChI=1S/C25H28Cl2N4O2/c1-3-22(17-8-6-16(2)7-9-17)28-25(32)18-5-4-12-31(14-18)15-23-29-24(30-33-23)20-11-10-19(26)13-21(20)27/h6-11,13,18,22H,3-5,12,14-15H2,1-2H3,(H,28,32). The Morgan fingerprint density at radius 2 is 2.03 bits per heavy atom. The number of nitrogens with one attached hydrogen (secondary N) is 1. The molecule has 2 atom stereocenters. The first-order valence-corrected chi connectivity index (χ1v) is 12.1. The maximum atomic E-state index is 13.0. The van der Waals surface area contributed by atoms with E-state index in [4.69, 9.17) is 27.7 Å². The molecule has 1 fully saturated rings. The maximum Gasteiger partial charge on any atom is 0.241 e. The molecule has 0 aliphatic carbocycles. The molecule has 1 amide bonds. The lowest BCUT2D eigenvalue weighted by Crippen LogP contribution is -2.43. The van der Waals surface area contributed by atoms with Crippen LogP contribution in [0.15, 0.2) is 47.0 Å². The number of benzene rings is 2. The Bertz CT molecular complexity index is 1100. The van der Waals surface area contributed by atoms with Gasteiger partial charge in [-0.05, 0) is 56.5 Å². The molecule has 33 heavy (non-hydrogen) atoms. The van der Waals surface area contributed by atoms with Gasteiger partial charge in [0.15, 0.2) is 0 Å². The predicted molar refractivity (Wildman–Crippen MR) is 130 cm³/mol. The Hall–Kier alpha value is -2.41. The molecular weight excluding hydrogens is 459 g/mol. The molecule has 6 nitrogen and oxygen atoms in total. The second-order valence-electron chi connectivity index (χ2n) is 8.59. The summed E-state index contributed by atoms with van der Waals surface area (Å²) in [6.45, 7) is 6.21. The summed E-state index contributed by atoms with van der Waals surface area (Å²) < 4.78 is 5.46. The van der Waals surface area contributed by atoms with Crippen molar-refractivity contribution in [3.63, 3.8) is 0 Å². The summed E-state index contributed by atoms with van der Waals surface area (Å²) in [6.07, 6.45) is 2.68. The molecule has 2 aromatic carbocycles. The summed E-state index contributed by atoms with van der Waals surface area (Å²) in [6, 6.07) is 13.6. The van der Waals surface area contributed by atoms with Crippen LogP contribution < -0.4 is 5.32 Å². The van der Waals surface area contributed by atoms with Crippen molar-refractivity contribution < 1.29 is 9.32 Å². The highest BCUT2D eigenvalue weighted by atomic mass is 35.5. The van der Waals surface area contributed by atoms with E-state index >= 15 is 0 Å². The lowest BCUT2D eigenvalue weighted by Gasteiger charge is -2.32. The lowest BCUT2D eigenvalue weighted by atomic mass is 9.95. The Kier molecular flexibility index (Phi) is 7.68. The summed E-state index contributed by atoms with van der Waals surface area (Å²) in [4.78, 5) is 19.7. The first kappa shape index (κ1) is 23.7. The van der Waals surface area contributed by atoms with Crippen LogP contribution in [-0.4, -0.2) is 34.0 Å². The number of aromatic nitrogens is 2. The van der Waals surface area contributed by atoms with Crippen molar-refractivity contribution in [3.8, 4) is 11.4 Å². The number of rotatable bonds is 7. The maximum absolute atomic E-state index is 13.0. The highest BCUT2D eigenvalue weighted by molar-refractivity contribution is 6.36. The average Bonchev–Trinajstić information content (AvgIpc) is 3.26. The molecule has 8 heteroatoms. The molecule has 1 aromatic heterocycles. The second-order valence-corrected chi connectivity index (χ2v) is 9.43. The average molecular weight is 487 g/mol. The van der Waals surface area contributed by atoms with E-state index in [9.17, 15) is 4.79 Å². The molecule has 2 unspecified atom stereocenters. The number of likely N-dealkylation sites (tertiary alicyclic amines) is 1. The van der Waals surface area contributed by atoms with Gasteiger partial charge in [-0.25, -0.2) is 0 Å². The van der Waals surface area contributed by atoms with Crippen LogP contribution in [0, 0.1) is 12.8 Å². The molecule has 1 aliphatic heterocycles. The number of hydrogen-bond acceptors (Lipinski definition) is 5. The fourth-order valence-corrected chi connectivity index (χ4v) is 4.71. The third-order valence-electron chi connectivity index (χ3n) is 6.08. The Balaban J connectivity index is 1.37. The van der Waals surface area contributed by atoms with Gasteiger partial charge in [0.05, 0.1) is 23.5 Å². The Morgan fingerprint density at radius 3 is 2.76 bits per heavy atom. The van der Waals surface area contributed by atoms with Crippen LogP contribution in [-0.2, 0) is 11.3 Å². The molecule has 0 radical (unpaired) electrons. The minimum Gasteiger partial charge on any atom is -0.349 e. The van der Waals surface area contributed by atoms with Crippen LogP contribution in [0.2, 0.25) is 10.0 Å². The van der Waals surface area contributed by atoms with Crippen molar-refractivity contribution in [3.05, 3.63) is 69.5 Å². The SMILES string of the molecule is CCC(NC(=O)C1CCCN(Cc2nc(-c3ccc(Cl)cc3Cl)no2)C1)c1ccc(C)cc1. The number of hydrogen-bond donors (Lipinski definition) is 1. The van der Waals surface area contributed by atoms with Gasteiger partial charge in [-0.15, -0.1) is 0 Å². The van der Waals surface area contributed by atoms with Crippen molar-refractivity contribution >= 4 is 29.1 Å². The predicted octanol–water partition coefficient (Wildman–Crippen LogP) is 5.83. The highest BCUT2D eigenvalue weighted by Gasteiger charge is 2.28. The van der Waals surface area contributed by atoms with Crippen molar-refractivity contribution in [1.82, 2.24) is 20.4 Å². The summed E-state index contributed by atoms with van der Waals surface area (Å²) >= 11 is 12.2. The lowest BCUT2D eigenvalue weighted by molar-refractivity contribution is -0.127. The molecule has 2 heterocycles. The normalized spacial score (nSPS) is 17.6. The Labute approximate surface area is 204 Å². The summed E-state index contributed by atoms with van der Waals surface area (Å²) in [7, 11) is 0. The van der Waals surface area contributed by atoms with Gasteiger partial charge in [0.2, 0.25) is 17.6 Å². The smallest absolute Gasteiger partial charge is 0.241 e. The fourth-order valence-electron chi connectivity index (χ4n) is 4.21. The van der Waals surface area contributed by atoms with E-state index in [0.717, 1.165) is 31.4 Å². The number of nitrogens with zero attached hydrogens (tertiary/aromatic N) is 3. The monoisotopic (exact) mass is 486 g/mol. The number of amides is 1. The quantitative estimate of drug-likeness (QED) is 0.454. The van der Waals surface area contributed by atoms with E-state index in [2.05, 4.69) is 58.5 Å². The van der Waals surface area contributed by atoms with Crippen molar-refractivity contribution in [2.45, 2.75) is 45.7 Å². The molecular formula is C25H28Cl2N4O2. The van der Waals surface area contributed by atoms with E-state index in [1.54, 1.807) is 18.2 Å². The number of halogens is 2. The van der Waals surface area contributed by atoms with Crippen LogP contribution >= 0.6 is 23.2 Å². The van der Waals surface area contributed by atoms with Gasteiger partial charge in [-0.2, -0.15) is 4.98 Å². The minimum absolute atomic E-state index is 0.0242. The largest absolute Gasteiger partial charge is 0.349 e. The van der Waals surface area contributed by atoms with Crippen molar-refractivity contribution in [2.75, 3.05) is 13.1 Å². The third-order valence-corrected chi connectivity index (χ3v) is 6.63. The number of carbonyl (C=O) groups is 1. The van der Waals surface area contributed by atoms with Crippen molar-refractivity contribution in [2.24, 2.45) is 5.92 Å². The van der Waals surface area contributed by atoms with E-state index in [1.165, 1.54) is 5.56 Å². The van der Waals surface area contributed by atoms with E-state index in [1.807, 2.05) is 0 Å². The van der Waals surface area contributed by atoms with Gasteiger partial charge in [-0.3, -0.25) is 9.69 Å². The van der Waals surface area contributed by atoms with E-state index in [0.29, 0.717) is 40.4 Å². The van der Waals surface area contributed by atoms with Crippen LogP contribution in [0.25, 0.3) is 11.4 Å².